The summed E-state index contributed by atoms with van der Waals surface area (Å²) < 4.78 is 29.7. The lowest BCUT2D eigenvalue weighted by molar-refractivity contribution is -0.120. The summed E-state index contributed by atoms with van der Waals surface area (Å²) in [5.74, 6) is -2.06. The van der Waals surface area contributed by atoms with E-state index in [-0.39, 0.29) is 24.2 Å². The summed E-state index contributed by atoms with van der Waals surface area (Å²) in [6.45, 7) is 3.62. The highest BCUT2D eigenvalue weighted by atomic mass is 35.5. The van der Waals surface area contributed by atoms with E-state index in [1.807, 2.05) is 31.2 Å². The molecule has 184 valence electrons. The zero-order chi connectivity index (χ0) is 25.8. The van der Waals surface area contributed by atoms with Gasteiger partial charge in [-0.2, -0.15) is 5.10 Å². The van der Waals surface area contributed by atoms with Crippen molar-refractivity contribution in [2.24, 2.45) is 0 Å². The number of halogens is 3. The highest BCUT2D eigenvalue weighted by Gasteiger charge is 2.20. The second-order valence-electron chi connectivity index (χ2n) is 8.82. The molecule has 0 aliphatic rings. The molecular weight excluding hydrogens is 482 g/mol. The fourth-order valence-corrected chi connectivity index (χ4v) is 4.31. The topological polar surface area (TPSA) is 52.0 Å². The third kappa shape index (κ3) is 5.94. The molecule has 0 saturated heterocycles. The van der Waals surface area contributed by atoms with Gasteiger partial charge in [0.05, 0.1) is 16.9 Å². The highest BCUT2D eigenvalue weighted by molar-refractivity contribution is 6.30. The molecule has 0 saturated carbocycles. The maximum Gasteiger partial charge on any atom is 0.170 e. The minimum absolute atomic E-state index is 0.0369. The number of hydrogen-bond acceptors (Lipinski definition) is 3. The minimum Gasteiger partial charge on any atom is -0.299 e. The molecule has 0 aliphatic carbocycles. The summed E-state index contributed by atoms with van der Waals surface area (Å²) in [7, 11) is 0. The Morgan fingerprint density at radius 2 is 1.75 bits per heavy atom. The van der Waals surface area contributed by atoms with Crippen LogP contribution in [0.3, 0.4) is 0 Å². The number of aromatic nitrogens is 2. The van der Waals surface area contributed by atoms with Crippen LogP contribution >= 0.6 is 11.6 Å². The Morgan fingerprint density at radius 1 is 1.00 bits per heavy atom. The molecule has 4 nitrogen and oxygen atoms in total. The molecule has 0 radical (unpaired) electrons. The molecule has 4 aromatic rings. The molecule has 4 rings (SSSR count). The average Bonchev–Trinajstić information content (AvgIpc) is 3.23. The highest BCUT2D eigenvalue weighted by Crippen LogP contribution is 2.24. The van der Waals surface area contributed by atoms with Crippen molar-refractivity contribution in [2.75, 3.05) is 0 Å². The van der Waals surface area contributed by atoms with E-state index in [9.17, 15) is 18.4 Å². The van der Waals surface area contributed by atoms with Gasteiger partial charge in [0, 0.05) is 29.5 Å². The molecule has 1 aromatic heterocycles. The van der Waals surface area contributed by atoms with Gasteiger partial charge >= 0.3 is 0 Å². The molecule has 36 heavy (non-hydrogen) atoms. The number of Topliss-reactive ketones (excluding diaryl/α,β-unsaturated/α-hetero) is 2. The molecule has 1 unspecified atom stereocenters. The van der Waals surface area contributed by atoms with Crippen molar-refractivity contribution in [3.63, 3.8) is 0 Å². The van der Waals surface area contributed by atoms with Gasteiger partial charge < -0.3 is 0 Å². The van der Waals surface area contributed by atoms with Crippen LogP contribution in [-0.4, -0.2) is 21.3 Å². The third-order valence-corrected chi connectivity index (χ3v) is 6.38. The summed E-state index contributed by atoms with van der Waals surface area (Å²) in [5, 5.41) is 5.12. The van der Waals surface area contributed by atoms with Crippen LogP contribution < -0.4 is 0 Å². The second-order valence-corrected chi connectivity index (χ2v) is 9.26. The summed E-state index contributed by atoms with van der Waals surface area (Å²) in [4.78, 5) is 25.5. The lowest BCUT2D eigenvalue weighted by Gasteiger charge is -2.13. The van der Waals surface area contributed by atoms with Crippen molar-refractivity contribution in [3.05, 3.63) is 118 Å². The Labute approximate surface area is 213 Å². The van der Waals surface area contributed by atoms with Gasteiger partial charge in [-0.15, -0.1) is 0 Å². The summed E-state index contributed by atoms with van der Waals surface area (Å²) in [6.07, 6.45) is 0.678. The van der Waals surface area contributed by atoms with E-state index in [2.05, 4.69) is 5.10 Å². The Kier molecular flexibility index (Phi) is 7.75. The normalized spacial score (nSPS) is 11.9. The van der Waals surface area contributed by atoms with Crippen LogP contribution in [0.15, 0.2) is 72.8 Å². The lowest BCUT2D eigenvalue weighted by Crippen LogP contribution is -2.13. The number of carbonyl (C=O) groups excluding carboxylic acids is 2. The number of hydrogen-bond donors (Lipinski definition) is 0. The van der Waals surface area contributed by atoms with Crippen LogP contribution in [0.1, 0.15) is 52.1 Å². The number of rotatable bonds is 9. The second kappa shape index (κ2) is 11.0. The molecule has 7 heteroatoms. The Balaban J connectivity index is 1.43. The van der Waals surface area contributed by atoms with Crippen molar-refractivity contribution in [3.8, 4) is 5.69 Å². The van der Waals surface area contributed by atoms with Gasteiger partial charge in [0.15, 0.2) is 5.78 Å². The molecular formula is C29H25ClF2N2O2. The minimum atomic E-state index is -0.672. The number of nitrogens with zero attached hydrogens (tertiary/aromatic N) is 2. The predicted octanol–water partition coefficient (Wildman–Crippen LogP) is 6.84. The Hall–Kier alpha value is -3.64. The molecule has 0 N–H and O–H groups in total. The fraction of sp³-hybridized carbons (Fsp3) is 0.207. The van der Waals surface area contributed by atoms with Crippen molar-refractivity contribution in [2.45, 2.75) is 39.0 Å². The Bertz CT molecular complexity index is 1410. The van der Waals surface area contributed by atoms with E-state index in [0.29, 0.717) is 22.6 Å². The molecule has 0 amide bonds. The first-order valence-corrected chi connectivity index (χ1v) is 12.0. The van der Waals surface area contributed by atoms with Crippen LogP contribution in [0, 0.1) is 18.6 Å². The van der Waals surface area contributed by atoms with Crippen LogP contribution in [-0.2, 0) is 17.6 Å². The monoisotopic (exact) mass is 506 g/mol. The summed E-state index contributed by atoms with van der Waals surface area (Å²) in [6, 6.07) is 19.1. The first kappa shape index (κ1) is 25.5. The van der Waals surface area contributed by atoms with E-state index in [0.717, 1.165) is 17.1 Å². The lowest BCUT2D eigenvalue weighted by atomic mass is 9.91. The maximum atomic E-state index is 14.8. The van der Waals surface area contributed by atoms with Gasteiger partial charge in [0.2, 0.25) is 0 Å². The van der Waals surface area contributed by atoms with Gasteiger partial charge in [-0.05, 0) is 73.0 Å². The van der Waals surface area contributed by atoms with Gasteiger partial charge in [-0.3, -0.25) is 9.59 Å². The van der Waals surface area contributed by atoms with Crippen LogP contribution in [0.25, 0.3) is 5.69 Å². The van der Waals surface area contributed by atoms with Crippen LogP contribution in [0.5, 0.6) is 0 Å². The first-order valence-electron chi connectivity index (χ1n) is 11.6. The van der Waals surface area contributed by atoms with Crippen LogP contribution in [0.4, 0.5) is 8.78 Å². The smallest absolute Gasteiger partial charge is 0.170 e. The summed E-state index contributed by atoms with van der Waals surface area (Å²) in [5.41, 5.74) is 3.57. The number of aryl methyl sites for hydroxylation is 2. The molecule has 1 heterocycles. The van der Waals surface area contributed by atoms with E-state index in [1.165, 1.54) is 36.4 Å². The fourth-order valence-electron chi connectivity index (χ4n) is 4.13. The molecule has 0 spiro atoms. The average molecular weight is 507 g/mol. The standard InChI is InChI=1S/C29H25ClF2N2O2/c1-18-14-25(34(33-18)24-5-3-4-22(30)17-24)11-13-28(35)19(2)21-8-12-26(27(32)16-21)29(36)15-20-6-9-23(31)10-7-20/h3-10,12,14,16-17,19H,11,13,15H2,1-2H3. The van der Waals surface area contributed by atoms with Crippen molar-refractivity contribution in [1.29, 1.82) is 0 Å². The predicted molar refractivity (Wildman–Crippen MR) is 136 cm³/mol. The molecule has 0 aliphatic heterocycles. The molecule has 3 aromatic carbocycles. The number of benzene rings is 3. The van der Waals surface area contributed by atoms with E-state index in [1.54, 1.807) is 23.7 Å². The zero-order valence-electron chi connectivity index (χ0n) is 20.0. The van der Waals surface area contributed by atoms with Gasteiger partial charge in [-0.1, -0.05) is 42.8 Å². The van der Waals surface area contributed by atoms with E-state index in [4.69, 9.17) is 11.6 Å². The zero-order valence-corrected chi connectivity index (χ0v) is 20.7. The van der Waals surface area contributed by atoms with Gasteiger partial charge in [-0.25, -0.2) is 13.5 Å². The SMILES string of the molecule is Cc1cc(CCC(=O)C(C)c2ccc(C(=O)Cc3ccc(F)cc3)c(F)c2)n(-c2cccc(Cl)c2)n1. The van der Waals surface area contributed by atoms with Gasteiger partial charge in [0.1, 0.15) is 17.4 Å². The van der Waals surface area contributed by atoms with E-state index < -0.39 is 23.3 Å². The van der Waals surface area contributed by atoms with Crippen LogP contribution in [0.2, 0.25) is 5.02 Å². The van der Waals surface area contributed by atoms with Gasteiger partial charge in [0.25, 0.3) is 0 Å². The molecule has 1 atom stereocenters. The summed E-state index contributed by atoms with van der Waals surface area (Å²) >= 11 is 6.12. The van der Waals surface area contributed by atoms with Crippen molar-refractivity contribution >= 4 is 23.2 Å². The largest absolute Gasteiger partial charge is 0.299 e. The Morgan fingerprint density at radius 3 is 2.44 bits per heavy atom. The maximum absolute atomic E-state index is 14.8. The molecule has 0 bridgehead atoms. The molecule has 0 fully saturated rings. The number of ketones is 2. The van der Waals surface area contributed by atoms with E-state index >= 15 is 0 Å². The third-order valence-electron chi connectivity index (χ3n) is 6.14. The van der Waals surface area contributed by atoms with Crippen molar-refractivity contribution < 1.29 is 18.4 Å². The number of carbonyl (C=O) groups is 2. The first-order chi connectivity index (χ1) is 17.2. The van der Waals surface area contributed by atoms with Crippen molar-refractivity contribution in [1.82, 2.24) is 9.78 Å². The quantitative estimate of drug-likeness (QED) is 0.233.